The first-order valence-corrected chi connectivity index (χ1v) is 9.52. The lowest BCUT2D eigenvalue weighted by Gasteiger charge is -2.30. The van der Waals surface area contributed by atoms with E-state index in [1.54, 1.807) is 20.8 Å². The molecule has 0 saturated carbocycles. The van der Waals surface area contributed by atoms with Gasteiger partial charge in [-0.05, 0) is 39.7 Å². The van der Waals surface area contributed by atoms with Gasteiger partial charge in [0, 0.05) is 12.0 Å². The fourth-order valence-corrected chi connectivity index (χ4v) is 3.09. The first-order valence-electron chi connectivity index (χ1n) is 9.52. The minimum Gasteiger partial charge on any atom is -0.464 e. The normalized spacial score (nSPS) is 17.7. The van der Waals surface area contributed by atoms with Crippen LogP contribution in [-0.4, -0.2) is 34.5 Å². The number of hydrogen-bond donors (Lipinski definition) is 1. The van der Waals surface area contributed by atoms with E-state index >= 15 is 0 Å². The van der Waals surface area contributed by atoms with Crippen LogP contribution in [0.25, 0.3) is 0 Å². The van der Waals surface area contributed by atoms with Crippen molar-refractivity contribution >= 4 is 17.9 Å². The molecule has 0 bridgehead atoms. The quantitative estimate of drug-likeness (QED) is 0.648. The molecular weight excluding hydrogens is 405 g/mol. The van der Waals surface area contributed by atoms with E-state index in [4.69, 9.17) is 9.47 Å². The Morgan fingerprint density at radius 1 is 1.20 bits per heavy atom. The van der Waals surface area contributed by atoms with Gasteiger partial charge in [0.05, 0.1) is 22.6 Å². The molecule has 1 unspecified atom stereocenters. The van der Waals surface area contributed by atoms with E-state index in [2.05, 4.69) is 4.98 Å². The standard InChI is InChI=1S/C20H27F3N2O5/c1-18(2,3)15-12(25(16(26)27)17(28)30-19(4,5)6)10-11(20(21,22)23)14(24-15)13-8-7-9-29-13/h10,13H,7-9H2,1-6H3,(H,26,27). The highest BCUT2D eigenvalue weighted by Gasteiger charge is 2.42. The molecule has 30 heavy (non-hydrogen) atoms. The number of aromatic nitrogens is 1. The molecule has 10 heteroatoms. The highest BCUT2D eigenvalue weighted by molar-refractivity contribution is 6.09. The number of rotatable bonds is 2. The van der Waals surface area contributed by atoms with Crippen molar-refractivity contribution in [2.75, 3.05) is 11.5 Å². The molecule has 1 saturated heterocycles. The van der Waals surface area contributed by atoms with Crippen LogP contribution >= 0.6 is 0 Å². The van der Waals surface area contributed by atoms with E-state index < -0.39 is 46.7 Å². The number of ether oxygens (including phenoxy) is 2. The van der Waals surface area contributed by atoms with Crippen molar-refractivity contribution in [3.05, 3.63) is 23.0 Å². The molecule has 1 aliphatic heterocycles. The lowest BCUT2D eigenvalue weighted by atomic mass is 9.88. The Labute approximate surface area is 173 Å². The fraction of sp³-hybridized carbons (Fsp3) is 0.650. The summed E-state index contributed by atoms with van der Waals surface area (Å²) >= 11 is 0. The van der Waals surface area contributed by atoms with Gasteiger partial charge >= 0.3 is 18.4 Å². The van der Waals surface area contributed by atoms with Gasteiger partial charge in [0.15, 0.2) is 0 Å². The zero-order chi connectivity index (χ0) is 23.1. The summed E-state index contributed by atoms with van der Waals surface area (Å²) < 4.78 is 52.1. The Morgan fingerprint density at radius 2 is 1.80 bits per heavy atom. The Balaban J connectivity index is 2.78. The predicted molar refractivity (Wildman–Crippen MR) is 103 cm³/mol. The molecule has 0 aliphatic carbocycles. The molecule has 2 rings (SSSR count). The number of alkyl halides is 3. The molecule has 168 valence electrons. The smallest absolute Gasteiger partial charge is 0.424 e. The van der Waals surface area contributed by atoms with Crippen LogP contribution in [0.15, 0.2) is 6.07 Å². The predicted octanol–water partition coefficient (Wildman–Crippen LogP) is 5.67. The Hall–Kier alpha value is -2.36. The SMILES string of the molecule is CC(C)(C)OC(=O)N(C(=O)O)c1cc(C(F)(F)F)c(C2CCCO2)nc1C(C)(C)C. The van der Waals surface area contributed by atoms with E-state index in [1.165, 1.54) is 20.8 Å². The number of carbonyl (C=O) groups excluding carboxylic acids is 1. The Morgan fingerprint density at radius 3 is 2.20 bits per heavy atom. The van der Waals surface area contributed by atoms with Crippen molar-refractivity contribution in [1.82, 2.24) is 4.98 Å². The van der Waals surface area contributed by atoms with E-state index in [1.807, 2.05) is 0 Å². The summed E-state index contributed by atoms with van der Waals surface area (Å²) in [6, 6.07) is 0.655. The van der Waals surface area contributed by atoms with Gasteiger partial charge in [0.1, 0.15) is 11.7 Å². The van der Waals surface area contributed by atoms with Gasteiger partial charge in [-0.2, -0.15) is 18.1 Å². The lowest BCUT2D eigenvalue weighted by molar-refractivity contribution is -0.139. The zero-order valence-electron chi connectivity index (χ0n) is 17.9. The lowest BCUT2D eigenvalue weighted by Crippen LogP contribution is -2.42. The molecule has 1 fully saturated rings. The second kappa shape index (κ2) is 8.05. The molecule has 7 nitrogen and oxygen atoms in total. The minimum absolute atomic E-state index is 0.0225. The second-order valence-corrected chi connectivity index (χ2v) is 9.14. The van der Waals surface area contributed by atoms with Gasteiger partial charge in [-0.1, -0.05) is 20.8 Å². The number of halogens is 3. The molecule has 0 spiro atoms. The maximum Gasteiger partial charge on any atom is 0.424 e. The largest absolute Gasteiger partial charge is 0.464 e. The summed E-state index contributed by atoms with van der Waals surface area (Å²) in [6.45, 7) is 9.89. The van der Waals surface area contributed by atoms with Crippen molar-refractivity contribution in [3.8, 4) is 0 Å². The highest BCUT2D eigenvalue weighted by atomic mass is 19.4. The molecular formula is C20H27F3N2O5. The monoisotopic (exact) mass is 432 g/mol. The van der Waals surface area contributed by atoms with E-state index in [0.29, 0.717) is 25.5 Å². The van der Waals surface area contributed by atoms with Crippen molar-refractivity contribution in [3.63, 3.8) is 0 Å². The van der Waals surface area contributed by atoms with Crippen LogP contribution in [0.3, 0.4) is 0 Å². The summed E-state index contributed by atoms with van der Waals surface area (Å²) in [5.74, 6) is 0. The number of nitrogens with zero attached hydrogens (tertiary/aromatic N) is 2. The van der Waals surface area contributed by atoms with Gasteiger partial charge < -0.3 is 14.6 Å². The molecule has 0 radical (unpaired) electrons. The van der Waals surface area contributed by atoms with Gasteiger partial charge in [0.25, 0.3) is 0 Å². The van der Waals surface area contributed by atoms with Crippen molar-refractivity contribution in [2.45, 2.75) is 77.7 Å². The van der Waals surface area contributed by atoms with Crippen LogP contribution < -0.4 is 4.90 Å². The zero-order valence-corrected chi connectivity index (χ0v) is 17.9. The molecule has 1 atom stereocenters. The fourth-order valence-electron chi connectivity index (χ4n) is 3.09. The van der Waals surface area contributed by atoms with Crippen LogP contribution in [0.5, 0.6) is 0 Å². The van der Waals surface area contributed by atoms with Crippen LogP contribution in [-0.2, 0) is 21.1 Å². The number of hydrogen-bond acceptors (Lipinski definition) is 5. The number of imide groups is 1. The highest BCUT2D eigenvalue weighted by Crippen LogP contribution is 2.43. The number of carboxylic acid groups (broad SMARTS) is 1. The van der Waals surface area contributed by atoms with Crippen molar-refractivity contribution in [2.24, 2.45) is 0 Å². The molecule has 2 amide bonds. The van der Waals surface area contributed by atoms with E-state index in [-0.39, 0.29) is 16.3 Å². The van der Waals surface area contributed by atoms with Crippen LogP contribution in [0.4, 0.5) is 28.4 Å². The van der Waals surface area contributed by atoms with Crippen LogP contribution in [0, 0.1) is 0 Å². The third kappa shape index (κ3) is 5.41. The van der Waals surface area contributed by atoms with E-state index in [9.17, 15) is 27.9 Å². The molecule has 2 heterocycles. The van der Waals surface area contributed by atoms with Gasteiger partial charge in [-0.25, -0.2) is 9.59 Å². The molecule has 1 aliphatic rings. The average Bonchev–Trinajstić information content (AvgIpc) is 3.04. The summed E-state index contributed by atoms with van der Waals surface area (Å²) in [7, 11) is 0. The maximum absolute atomic E-state index is 13.9. The first-order chi connectivity index (χ1) is 13.5. The average molecular weight is 432 g/mol. The van der Waals surface area contributed by atoms with E-state index in [0.717, 1.165) is 0 Å². The number of pyridine rings is 1. The Kier molecular flexibility index (Phi) is 6.42. The van der Waals surface area contributed by atoms with Gasteiger partial charge in [-0.15, -0.1) is 0 Å². The summed E-state index contributed by atoms with van der Waals surface area (Å²) in [5.41, 5.74) is -3.82. The topological polar surface area (TPSA) is 89.0 Å². The van der Waals surface area contributed by atoms with Crippen LogP contribution in [0.2, 0.25) is 0 Å². The van der Waals surface area contributed by atoms with Gasteiger partial charge in [0.2, 0.25) is 0 Å². The van der Waals surface area contributed by atoms with Crippen molar-refractivity contribution in [1.29, 1.82) is 0 Å². The van der Waals surface area contributed by atoms with Crippen LogP contribution in [0.1, 0.15) is 77.4 Å². The van der Waals surface area contributed by atoms with Crippen molar-refractivity contribution < 1.29 is 37.3 Å². The van der Waals surface area contributed by atoms with Gasteiger partial charge in [-0.3, -0.25) is 4.98 Å². The number of carbonyl (C=O) groups is 2. The molecule has 0 aromatic carbocycles. The number of amides is 2. The molecule has 1 aromatic heterocycles. The molecule has 1 N–H and O–H groups in total. The third-order valence-electron chi connectivity index (χ3n) is 4.29. The minimum atomic E-state index is -4.82. The summed E-state index contributed by atoms with van der Waals surface area (Å²) in [5, 5.41) is 9.65. The third-order valence-corrected chi connectivity index (χ3v) is 4.29. The maximum atomic E-state index is 13.9. The Bertz CT molecular complexity index is 819. The summed E-state index contributed by atoms with van der Waals surface area (Å²) in [4.78, 5) is 28.9. The number of anilines is 1. The summed E-state index contributed by atoms with van der Waals surface area (Å²) in [6.07, 6.45) is -7.79. The molecule has 1 aromatic rings. The second-order valence-electron chi connectivity index (χ2n) is 9.14. The first kappa shape index (κ1) is 23.9.